The van der Waals surface area contributed by atoms with Gasteiger partial charge in [0.25, 0.3) is 0 Å². The first kappa shape index (κ1) is 22.8. The average molecular weight is 484 g/mol. The van der Waals surface area contributed by atoms with Crippen LogP contribution in [0.4, 0.5) is 0 Å². The molecule has 7 aliphatic rings. The monoisotopic (exact) mass is 483 g/mol. The van der Waals surface area contributed by atoms with Crippen molar-refractivity contribution in [3.8, 4) is 11.5 Å². The standard InChI is InChI=1S/C29H41NO5/c1-25(2,3)26(4,33)19-14-27-10-11-29(19,34-5)24-28(27)12-13-30(15-16-6-7-16)23(27)21(32)17-8-9-18(31)22(35-24)20(17)28/h8-9,16,19,21,23-24,31-33H,6-7,10-15H2,1-5H3. The van der Waals surface area contributed by atoms with E-state index in [2.05, 4.69) is 25.7 Å². The van der Waals surface area contributed by atoms with E-state index in [0.717, 1.165) is 55.8 Å². The number of aliphatic hydroxyl groups excluding tert-OH is 1. The maximum atomic E-state index is 12.2. The van der Waals surface area contributed by atoms with Crippen LogP contribution in [-0.4, -0.2) is 63.8 Å². The van der Waals surface area contributed by atoms with Gasteiger partial charge in [-0.25, -0.2) is 0 Å². The molecule has 8 atom stereocenters. The second kappa shape index (κ2) is 6.56. The first-order valence-electron chi connectivity index (χ1n) is 13.7. The molecule has 6 heteroatoms. The zero-order chi connectivity index (χ0) is 24.8. The highest BCUT2D eigenvalue weighted by atomic mass is 16.6. The van der Waals surface area contributed by atoms with Crippen LogP contribution in [-0.2, 0) is 10.2 Å². The molecule has 2 spiro atoms. The number of phenolic OH excluding ortho intramolecular Hbond substituents is 1. The van der Waals surface area contributed by atoms with E-state index < -0.39 is 17.3 Å². The van der Waals surface area contributed by atoms with Crippen molar-refractivity contribution in [2.24, 2.45) is 22.7 Å². The zero-order valence-corrected chi connectivity index (χ0v) is 21.8. The lowest BCUT2D eigenvalue weighted by atomic mass is 9.33. The summed E-state index contributed by atoms with van der Waals surface area (Å²) in [6, 6.07) is 3.60. The minimum absolute atomic E-state index is 0.0145. The molecule has 5 fully saturated rings. The molecule has 4 saturated carbocycles. The SMILES string of the molecule is COC12CCC3(CC1C(C)(O)C(C)(C)C)C1C(O)c4ccc(O)c5c4C3(CCN1CC1CC1)C2O5. The van der Waals surface area contributed by atoms with Crippen molar-refractivity contribution in [3.63, 3.8) is 0 Å². The first-order valence-corrected chi connectivity index (χ1v) is 13.7. The Labute approximate surface area is 208 Å². The number of methoxy groups -OCH3 is 1. The number of hydrogen-bond donors (Lipinski definition) is 3. The Bertz CT molecular complexity index is 1090. The molecular weight excluding hydrogens is 442 g/mol. The van der Waals surface area contributed by atoms with E-state index in [1.54, 1.807) is 13.2 Å². The number of nitrogens with zero attached hydrogens (tertiary/aromatic N) is 1. The van der Waals surface area contributed by atoms with Crippen LogP contribution < -0.4 is 4.74 Å². The Balaban J connectivity index is 1.50. The van der Waals surface area contributed by atoms with E-state index in [4.69, 9.17) is 9.47 Å². The van der Waals surface area contributed by atoms with E-state index in [-0.39, 0.29) is 40.1 Å². The minimum Gasteiger partial charge on any atom is -0.504 e. The van der Waals surface area contributed by atoms with E-state index in [1.807, 2.05) is 13.0 Å². The molecule has 0 aromatic heterocycles. The number of phenols is 1. The van der Waals surface area contributed by atoms with Gasteiger partial charge >= 0.3 is 0 Å². The summed E-state index contributed by atoms with van der Waals surface area (Å²) in [5.41, 5.74) is -0.623. The number of likely N-dealkylation sites (tertiary alicyclic amines) is 1. The third-order valence-corrected chi connectivity index (χ3v) is 11.9. The quantitative estimate of drug-likeness (QED) is 0.603. The van der Waals surface area contributed by atoms with Crippen molar-refractivity contribution >= 4 is 0 Å². The van der Waals surface area contributed by atoms with Gasteiger partial charge < -0.3 is 24.8 Å². The van der Waals surface area contributed by atoms with Crippen LogP contribution in [0.15, 0.2) is 12.1 Å². The molecular formula is C29H41NO5. The fraction of sp³-hybridized carbons (Fsp3) is 0.793. The number of benzene rings is 1. The predicted octanol–water partition coefficient (Wildman–Crippen LogP) is 3.90. The lowest BCUT2D eigenvalue weighted by Crippen LogP contribution is -2.83. The maximum absolute atomic E-state index is 12.2. The van der Waals surface area contributed by atoms with E-state index in [0.29, 0.717) is 5.75 Å². The summed E-state index contributed by atoms with van der Waals surface area (Å²) in [6.07, 6.45) is 5.10. The highest BCUT2D eigenvalue weighted by Gasteiger charge is 2.83. The van der Waals surface area contributed by atoms with Crippen molar-refractivity contribution in [1.29, 1.82) is 0 Å². The highest BCUT2D eigenvalue weighted by molar-refractivity contribution is 5.64. The van der Waals surface area contributed by atoms with Crippen LogP contribution in [0.3, 0.4) is 0 Å². The van der Waals surface area contributed by atoms with Crippen molar-refractivity contribution in [1.82, 2.24) is 4.90 Å². The van der Waals surface area contributed by atoms with Crippen molar-refractivity contribution in [3.05, 3.63) is 23.3 Å². The average Bonchev–Trinajstić information content (AvgIpc) is 3.54. The summed E-state index contributed by atoms with van der Waals surface area (Å²) in [4.78, 5) is 2.59. The highest BCUT2D eigenvalue weighted by Crippen LogP contribution is 2.79. The normalized spacial score (nSPS) is 45.1. The van der Waals surface area contributed by atoms with Crippen LogP contribution in [0.1, 0.15) is 83.5 Å². The molecule has 6 nitrogen and oxygen atoms in total. The Morgan fingerprint density at radius 2 is 1.89 bits per heavy atom. The molecule has 1 aromatic carbocycles. The van der Waals surface area contributed by atoms with Gasteiger partial charge in [0.05, 0.1) is 11.7 Å². The Morgan fingerprint density at radius 3 is 2.54 bits per heavy atom. The van der Waals surface area contributed by atoms with Gasteiger partial charge in [-0.05, 0) is 75.0 Å². The molecule has 5 aliphatic carbocycles. The number of rotatable bonds is 4. The molecule has 0 radical (unpaired) electrons. The van der Waals surface area contributed by atoms with Gasteiger partial charge in [-0.15, -0.1) is 0 Å². The fourth-order valence-electron chi connectivity index (χ4n) is 9.64. The zero-order valence-electron chi connectivity index (χ0n) is 21.8. The van der Waals surface area contributed by atoms with Crippen molar-refractivity contribution in [2.45, 2.75) is 101 Å². The minimum atomic E-state index is -1.00. The fourth-order valence-corrected chi connectivity index (χ4v) is 9.64. The summed E-state index contributed by atoms with van der Waals surface area (Å²) in [7, 11) is 1.78. The molecule has 0 amide bonds. The first-order chi connectivity index (χ1) is 16.4. The second-order valence-electron chi connectivity index (χ2n) is 13.9. The van der Waals surface area contributed by atoms with Gasteiger partial charge in [-0.1, -0.05) is 26.8 Å². The summed E-state index contributed by atoms with van der Waals surface area (Å²) in [6.45, 7) is 10.3. The largest absolute Gasteiger partial charge is 0.504 e. The summed E-state index contributed by atoms with van der Waals surface area (Å²) in [5.74, 6) is 1.28. The number of fused-ring (bicyclic) bond motifs is 2. The van der Waals surface area contributed by atoms with Gasteiger partial charge in [0.1, 0.15) is 11.7 Å². The van der Waals surface area contributed by atoms with Gasteiger partial charge in [-0.3, -0.25) is 4.90 Å². The molecule has 1 aromatic rings. The van der Waals surface area contributed by atoms with Crippen molar-refractivity contribution in [2.75, 3.05) is 20.2 Å². The number of piperidine rings is 1. The Hall–Kier alpha value is -1.34. The third-order valence-electron chi connectivity index (χ3n) is 11.9. The lowest BCUT2D eigenvalue weighted by molar-refractivity contribution is -0.319. The third kappa shape index (κ3) is 2.38. The molecule has 8 unspecified atom stereocenters. The summed E-state index contributed by atoms with van der Waals surface area (Å²) < 4.78 is 13.4. The molecule has 8 rings (SSSR count). The molecule has 192 valence electrons. The number of aromatic hydroxyl groups is 1. The second-order valence-corrected chi connectivity index (χ2v) is 13.9. The molecule has 2 heterocycles. The van der Waals surface area contributed by atoms with Crippen LogP contribution in [0.2, 0.25) is 0 Å². The molecule has 2 aliphatic heterocycles. The van der Waals surface area contributed by atoms with E-state index >= 15 is 0 Å². The van der Waals surface area contributed by atoms with Gasteiger partial charge in [0, 0.05) is 42.0 Å². The van der Waals surface area contributed by atoms with Gasteiger partial charge in [0.2, 0.25) is 0 Å². The van der Waals surface area contributed by atoms with Crippen LogP contribution in [0.5, 0.6) is 11.5 Å². The maximum Gasteiger partial charge on any atom is 0.165 e. The van der Waals surface area contributed by atoms with E-state index in [1.165, 1.54) is 12.8 Å². The topological polar surface area (TPSA) is 82.4 Å². The summed E-state index contributed by atoms with van der Waals surface area (Å²) in [5, 5.41) is 35.2. The predicted molar refractivity (Wildman–Crippen MR) is 131 cm³/mol. The Morgan fingerprint density at radius 1 is 1.14 bits per heavy atom. The lowest BCUT2D eigenvalue weighted by Gasteiger charge is -2.76. The number of aliphatic hydroxyl groups is 2. The number of ether oxygens (including phenoxy) is 2. The number of hydrogen-bond acceptors (Lipinski definition) is 6. The summed E-state index contributed by atoms with van der Waals surface area (Å²) >= 11 is 0. The molecule has 4 bridgehead atoms. The Kier molecular flexibility index (Phi) is 4.28. The van der Waals surface area contributed by atoms with Gasteiger partial charge in [-0.2, -0.15) is 0 Å². The van der Waals surface area contributed by atoms with Gasteiger partial charge in [0.15, 0.2) is 11.5 Å². The molecule has 35 heavy (non-hydrogen) atoms. The van der Waals surface area contributed by atoms with E-state index in [9.17, 15) is 15.3 Å². The van der Waals surface area contributed by atoms with Crippen LogP contribution >= 0.6 is 0 Å². The van der Waals surface area contributed by atoms with Crippen molar-refractivity contribution < 1.29 is 24.8 Å². The molecule has 3 N–H and O–H groups in total. The molecule has 1 saturated heterocycles. The van der Waals surface area contributed by atoms with Crippen LogP contribution in [0.25, 0.3) is 0 Å². The van der Waals surface area contributed by atoms with Crippen LogP contribution in [0, 0.1) is 22.7 Å². The smallest absolute Gasteiger partial charge is 0.165 e.